The third-order valence-corrected chi connectivity index (χ3v) is 7.06. The highest BCUT2D eigenvalue weighted by Gasteiger charge is 2.36. The van der Waals surface area contributed by atoms with Crippen LogP contribution in [0.3, 0.4) is 0 Å². The number of piperidine rings is 1. The first-order valence-corrected chi connectivity index (χ1v) is 12.3. The molecule has 2 saturated heterocycles. The number of hydrazine groups is 1. The van der Waals surface area contributed by atoms with Gasteiger partial charge in [-0.05, 0) is 44.1 Å². The highest BCUT2D eigenvalue weighted by atomic mass is 35.5. The number of halogens is 6. The average Bonchev–Trinajstić information content (AvgIpc) is 3.23. The van der Waals surface area contributed by atoms with Crippen LogP contribution in [0, 0.1) is 5.82 Å². The van der Waals surface area contributed by atoms with Crippen LogP contribution in [0.4, 0.5) is 27.8 Å². The molecule has 0 bridgehead atoms. The molecule has 2 atom stereocenters. The highest BCUT2D eigenvalue weighted by molar-refractivity contribution is 6.32. The number of imidazole rings is 1. The van der Waals surface area contributed by atoms with Gasteiger partial charge in [0, 0.05) is 31.4 Å². The number of benzene rings is 1. The van der Waals surface area contributed by atoms with E-state index in [2.05, 4.69) is 25.3 Å². The molecule has 1 aromatic carbocycles. The Labute approximate surface area is 215 Å². The molecule has 1 unspecified atom stereocenters. The number of hydrogen-bond acceptors (Lipinski definition) is 6. The smallest absolute Gasteiger partial charge is 0.333 e. The van der Waals surface area contributed by atoms with Gasteiger partial charge in [0.25, 0.3) is 0 Å². The predicted molar refractivity (Wildman–Crippen MR) is 128 cm³/mol. The van der Waals surface area contributed by atoms with Gasteiger partial charge in [0.15, 0.2) is 5.82 Å². The largest absolute Gasteiger partial charge is 0.419 e. The second-order valence-corrected chi connectivity index (χ2v) is 9.66. The number of nitrogens with one attached hydrogen (secondary N) is 1. The molecule has 0 radical (unpaired) electrons. The first kappa shape index (κ1) is 25.8. The highest BCUT2D eigenvalue weighted by Crippen LogP contribution is 2.36. The van der Waals surface area contributed by atoms with E-state index in [0.29, 0.717) is 36.2 Å². The van der Waals surface area contributed by atoms with Crippen molar-refractivity contribution in [1.82, 2.24) is 29.4 Å². The zero-order chi connectivity index (χ0) is 26.2. The Morgan fingerprint density at radius 2 is 1.95 bits per heavy atom. The van der Waals surface area contributed by atoms with Gasteiger partial charge < -0.3 is 14.9 Å². The monoisotopic (exact) mass is 541 g/mol. The van der Waals surface area contributed by atoms with Gasteiger partial charge in [0.2, 0.25) is 0 Å². The summed E-state index contributed by atoms with van der Waals surface area (Å²) in [4.78, 5) is 14.7. The van der Waals surface area contributed by atoms with Crippen molar-refractivity contribution in [3.05, 3.63) is 59.1 Å². The van der Waals surface area contributed by atoms with Crippen molar-refractivity contribution in [2.45, 2.75) is 37.7 Å². The lowest BCUT2D eigenvalue weighted by molar-refractivity contribution is -0.139. The summed E-state index contributed by atoms with van der Waals surface area (Å²) in [7, 11) is 0. The predicted octanol–water partition coefficient (Wildman–Crippen LogP) is 5.01. The lowest BCUT2D eigenvalue weighted by atomic mass is 9.94. The molecule has 0 saturated carbocycles. The van der Waals surface area contributed by atoms with Gasteiger partial charge in [-0.1, -0.05) is 11.6 Å². The third-order valence-electron chi connectivity index (χ3n) is 6.79. The van der Waals surface area contributed by atoms with Crippen LogP contribution in [0.15, 0.2) is 36.9 Å². The van der Waals surface area contributed by atoms with Crippen molar-refractivity contribution in [1.29, 1.82) is 0 Å². The molecule has 7 nitrogen and oxygen atoms in total. The van der Waals surface area contributed by atoms with Crippen molar-refractivity contribution >= 4 is 17.4 Å². The Hall–Kier alpha value is -2.83. The van der Waals surface area contributed by atoms with Gasteiger partial charge in [-0.25, -0.2) is 28.7 Å². The molecule has 3 aromatic rings. The van der Waals surface area contributed by atoms with Crippen molar-refractivity contribution in [3.8, 4) is 11.3 Å². The van der Waals surface area contributed by atoms with Crippen LogP contribution in [-0.2, 0) is 12.7 Å². The molecule has 0 aliphatic carbocycles. The number of aromatic nitrogens is 4. The molecule has 5 rings (SSSR count). The van der Waals surface area contributed by atoms with Crippen LogP contribution in [0.2, 0.25) is 5.02 Å². The van der Waals surface area contributed by atoms with E-state index >= 15 is 4.39 Å². The van der Waals surface area contributed by atoms with Crippen LogP contribution in [0.1, 0.15) is 30.1 Å². The minimum atomic E-state index is -4.83. The van der Waals surface area contributed by atoms with Crippen LogP contribution >= 0.6 is 11.6 Å². The summed E-state index contributed by atoms with van der Waals surface area (Å²) < 4.78 is 71.1. The van der Waals surface area contributed by atoms with Gasteiger partial charge in [0.1, 0.15) is 29.2 Å². The molecule has 4 heterocycles. The van der Waals surface area contributed by atoms with Crippen molar-refractivity contribution in [2.24, 2.45) is 0 Å². The van der Waals surface area contributed by atoms with Crippen LogP contribution in [0.5, 0.6) is 0 Å². The van der Waals surface area contributed by atoms with E-state index in [0.717, 1.165) is 38.2 Å². The molecule has 2 aliphatic heterocycles. The Kier molecular flexibility index (Phi) is 7.32. The fourth-order valence-corrected chi connectivity index (χ4v) is 4.79. The number of hydrogen-bond donors (Lipinski definition) is 1. The van der Waals surface area contributed by atoms with Gasteiger partial charge in [0.05, 0.1) is 29.9 Å². The quantitative estimate of drug-likeness (QED) is 0.424. The van der Waals surface area contributed by atoms with E-state index in [1.165, 1.54) is 18.6 Å². The molecule has 37 heavy (non-hydrogen) atoms. The summed E-state index contributed by atoms with van der Waals surface area (Å²) in [5.74, 6) is -1.06. The van der Waals surface area contributed by atoms with Crippen LogP contribution in [-0.4, -0.2) is 68.3 Å². The van der Waals surface area contributed by atoms with Gasteiger partial charge >= 0.3 is 6.18 Å². The van der Waals surface area contributed by atoms with Crippen molar-refractivity contribution in [3.63, 3.8) is 0 Å². The molecule has 2 aliphatic rings. The SMILES string of the molecule is Fc1ccc(-c2cn(CCN3CCC3)c(C3CCN(Nc4ncncc4Cl)C[C@H]3F)n2)cc1C(F)(F)F. The van der Waals surface area contributed by atoms with Gasteiger partial charge in [-0.15, -0.1) is 0 Å². The van der Waals surface area contributed by atoms with Gasteiger partial charge in [-0.3, -0.25) is 0 Å². The molecule has 1 N–H and O–H groups in total. The van der Waals surface area contributed by atoms with E-state index in [4.69, 9.17) is 11.6 Å². The Bertz CT molecular complexity index is 1250. The number of anilines is 1. The minimum Gasteiger partial charge on any atom is -0.333 e. The zero-order valence-electron chi connectivity index (χ0n) is 19.7. The molecule has 0 spiro atoms. The molecular weight excluding hydrogens is 517 g/mol. The Morgan fingerprint density at radius 3 is 2.62 bits per heavy atom. The third kappa shape index (κ3) is 5.70. The lowest BCUT2D eigenvalue weighted by Gasteiger charge is -2.35. The summed E-state index contributed by atoms with van der Waals surface area (Å²) in [5.41, 5.74) is 2.04. The van der Waals surface area contributed by atoms with E-state index in [1.54, 1.807) is 11.2 Å². The fraction of sp³-hybridized carbons (Fsp3) is 0.458. The van der Waals surface area contributed by atoms with E-state index in [-0.39, 0.29) is 17.8 Å². The molecule has 2 fully saturated rings. The molecular formula is C24H25ClF5N7. The van der Waals surface area contributed by atoms with Crippen LogP contribution < -0.4 is 5.43 Å². The van der Waals surface area contributed by atoms with Crippen LogP contribution in [0.25, 0.3) is 11.3 Å². The zero-order valence-corrected chi connectivity index (χ0v) is 20.5. The van der Waals surface area contributed by atoms with E-state index in [9.17, 15) is 17.6 Å². The maximum atomic E-state index is 15.5. The molecule has 2 aromatic heterocycles. The maximum absolute atomic E-state index is 15.5. The summed E-state index contributed by atoms with van der Waals surface area (Å²) >= 11 is 6.09. The summed E-state index contributed by atoms with van der Waals surface area (Å²) in [6, 6.07) is 2.81. The molecule has 13 heteroatoms. The molecule has 198 valence electrons. The fourth-order valence-electron chi connectivity index (χ4n) is 4.64. The van der Waals surface area contributed by atoms with Gasteiger partial charge in [-0.2, -0.15) is 13.2 Å². The minimum absolute atomic E-state index is 0.0358. The van der Waals surface area contributed by atoms with E-state index in [1.807, 2.05) is 4.57 Å². The molecule has 0 amide bonds. The lowest BCUT2D eigenvalue weighted by Crippen LogP contribution is -2.45. The second kappa shape index (κ2) is 10.5. The summed E-state index contributed by atoms with van der Waals surface area (Å²) in [6.07, 6.45) is -0.198. The number of rotatable bonds is 7. The number of likely N-dealkylation sites (tertiary alicyclic amines) is 1. The Balaban J connectivity index is 1.39. The Morgan fingerprint density at radius 1 is 1.14 bits per heavy atom. The summed E-state index contributed by atoms with van der Waals surface area (Å²) in [5, 5.41) is 1.99. The summed E-state index contributed by atoms with van der Waals surface area (Å²) in [6.45, 7) is 3.71. The maximum Gasteiger partial charge on any atom is 0.419 e. The first-order chi connectivity index (χ1) is 17.7. The standard InChI is InChI=1S/C24H25ClF5N7/c25-18-11-31-14-32-22(18)34-37-7-4-16(20(27)12-37)23-33-21(13-36(23)9-8-35-5-1-6-35)15-2-3-19(26)17(10-15)24(28,29)30/h2-3,10-11,13-14,16,20H,1,4-9,12H2,(H,31,32,34)/t16?,20-/m1/s1. The average molecular weight is 542 g/mol. The topological polar surface area (TPSA) is 62.1 Å². The van der Waals surface area contributed by atoms with Crippen molar-refractivity contribution < 1.29 is 22.0 Å². The van der Waals surface area contributed by atoms with E-state index < -0.39 is 29.6 Å². The number of alkyl halides is 4. The normalized spacial score (nSPS) is 21.1. The second-order valence-electron chi connectivity index (χ2n) is 9.25. The number of nitrogens with zero attached hydrogens (tertiary/aromatic N) is 6. The van der Waals surface area contributed by atoms with Crippen molar-refractivity contribution in [2.75, 3.05) is 38.1 Å². The first-order valence-electron chi connectivity index (χ1n) is 12.0.